The van der Waals surface area contributed by atoms with Crippen molar-refractivity contribution in [3.63, 3.8) is 0 Å². The number of fused-ring (bicyclic) bond motifs is 1. The molecule has 4 rings (SSSR count). The summed E-state index contributed by atoms with van der Waals surface area (Å²) in [6, 6.07) is 10.7. The van der Waals surface area contributed by atoms with Crippen LogP contribution in [0.25, 0.3) is 22.6 Å². The first kappa shape index (κ1) is 18.8. The predicted molar refractivity (Wildman–Crippen MR) is 110 cm³/mol. The van der Waals surface area contributed by atoms with Crippen molar-refractivity contribution in [1.82, 2.24) is 24.5 Å². The Balaban J connectivity index is 1.68. The number of nitrogens with one attached hydrogen (secondary N) is 1. The lowest BCUT2D eigenvalue weighted by Crippen LogP contribution is -2.07. The number of halogens is 1. The summed E-state index contributed by atoms with van der Waals surface area (Å²) < 4.78 is 6.86. The molecule has 0 amide bonds. The lowest BCUT2D eigenvalue weighted by molar-refractivity contribution is 0.0519. The fourth-order valence-electron chi connectivity index (χ4n) is 2.85. The lowest BCUT2D eigenvalue weighted by Gasteiger charge is -2.06. The van der Waals surface area contributed by atoms with Crippen LogP contribution in [0.2, 0.25) is 5.02 Å². The fraction of sp³-hybridized carbons (Fsp3) is 0.150. The van der Waals surface area contributed by atoms with Gasteiger partial charge in [-0.1, -0.05) is 11.6 Å². The first-order valence-corrected chi connectivity index (χ1v) is 9.28. The quantitative estimate of drug-likeness (QED) is 0.498. The molecule has 3 heterocycles. The smallest absolute Gasteiger partial charge is 0.356 e. The molecule has 0 unspecified atom stereocenters. The van der Waals surface area contributed by atoms with Crippen molar-refractivity contribution in [2.75, 3.05) is 11.9 Å². The van der Waals surface area contributed by atoms with E-state index in [0.29, 0.717) is 28.0 Å². The Morgan fingerprint density at radius 3 is 2.72 bits per heavy atom. The molecule has 1 N–H and O–H groups in total. The van der Waals surface area contributed by atoms with E-state index in [0.717, 1.165) is 11.3 Å². The van der Waals surface area contributed by atoms with Gasteiger partial charge in [-0.2, -0.15) is 4.98 Å². The zero-order valence-corrected chi connectivity index (χ0v) is 16.5. The van der Waals surface area contributed by atoms with Crippen LogP contribution in [0.3, 0.4) is 0 Å². The normalized spacial score (nSPS) is 10.9. The molecule has 146 valence electrons. The van der Waals surface area contributed by atoms with Gasteiger partial charge < -0.3 is 14.6 Å². The molecule has 0 fully saturated rings. The summed E-state index contributed by atoms with van der Waals surface area (Å²) >= 11 is 5.92. The zero-order valence-electron chi connectivity index (χ0n) is 15.8. The molecule has 0 spiro atoms. The average molecular weight is 409 g/mol. The number of carbonyl (C=O) groups excluding carboxylic acids is 1. The molecule has 0 aliphatic rings. The molecule has 0 atom stereocenters. The molecule has 4 aromatic rings. The van der Waals surface area contributed by atoms with Crippen LogP contribution in [-0.2, 0) is 11.8 Å². The van der Waals surface area contributed by atoms with Crippen molar-refractivity contribution in [3.8, 4) is 11.4 Å². The maximum absolute atomic E-state index is 12.0. The second kappa shape index (κ2) is 7.84. The van der Waals surface area contributed by atoms with Gasteiger partial charge in [-0.25, -0.2) is 19.7 Å². The standard InChI is InChI=1S/C20H17ClN6O2/c1-3-29-19(28)15-10-12(8-9-22-15)17-25-16-11-23-20(26-18(16)27(17)2)24-14-6-4-13(21)5-7-14/h4-11H,3H2,1-2H3,(H,23,24,26). The topological polar surface area (TPSA) is 94.8 Å². The third kappa shape index (κ3) is 3.88. The molecule has 1 aromatic carbocycles. The van der Waals surface area contributed by atoms with Crippen molar-refractivity contribution in [3.05, 3.63) is 59.5 Å². The van der Waals surface area contributed by atoms with E-state index in [4.69, 9.17) is 16.3 Å². The third-order valence-electron chi connectivity index (χ3n) is 4.21. The number of nitrogens with zero attached hydrogens (tertiary/aromatic N) is 5. The van der Waals surface area contributed by atoms with E-state index in [1.807, 2.05) is 23.7 Å². The Labute approximate surface area is 171 Å². The van der Waals surface area contributed by atoms with Gasteiger partial charge in [-0.15, -0.1) is 0 Å². The minimum absolute atomic E-state index is 0.229. The molecule has 0 aliphatic carbocycles. The van der Waals surface area contributed by atoms with Crippen LogP contribution in [0.5, 0.6) is 0 Å². The first-order chi connectivity index (χ1) is 14.0. The number of pyridine rings is 1. The molecule has 0 radical (unpaired) electrons. The Morgan fingerprint density at radius 2 is 1.97 bits per heavy atom. The van der Waals surface area contributed by atoms with Gasteiger partial charge in [0.1, 0.15) is 17.0 Å². The number of hydrogen-bond donors (Lipinski definition) is 1. The Kier molecular flexibility index (Phi) is 5.09. The minimum atomic E-state index is -0.470. The van der Waals surface area contributed by atoms with Crippen molar-refractivity contribution >= 4 is 40.4 Å². The number of esters is 1. The van der Waals surface area contributed by atoms with Crippen LogP contribution >= 0.6 is 11.6 Å². The number of carbonyl (C=O) groups is 1. The minimum Gasteiger partial charge on any atom is -0.461 e. The van der Waals surface area contributed by atoms with Gasteiger partial charge in [0.2, 0.25) is 5.95 Å². The Bertz CT molecular complexity index is 1190. The summed E-state index contributed by atoms with van der Waals surface area (Å²) in [6.07, 6.45) is 3.21. The molecule has 9 heteroatoms. The molecular weight excluding hydrogens is 392 g/mol. The second-order valence-corrected chi connectivity index (χ2v) is 6.62. The number of aromatic nitrogens is 5. The van der Waals surface area contributed by atoms with Crippen LogP contribution in [0, 0.1) is 0 Å². The van der Waals surface area contributed by atoms with Gasteiger partial charge in [-0.3, -0.25) is 0 Å². The van der Waals surface area contributed by atoms with Crippen LogP contribution in [0.1, 0.15) is 17.4 Å². The molecule has 8 nitrogen and oxygen atoms in total. The highest BCUT2D eigenvalue weighted by molar-refractivity contribution is 6.30. The Hall–Kier alpha value is -3.52. The van der Waals surface area contributed by atoms with Gasteiger partial charge in [0.15, 0.2) is 5.65 Å². The summed E-state index contributed by atoms with van der Waals surface area (Å²) in [5.41, 5.74) is 3.08. The maximum Gasteiger partial charge on any atom is 0.356 e. The SMILES string of the molecule is CCOC(=O)c1cc(-c2nc3cnc(Nc4ccc(Cl)cc4)nc3n2C)ccn1. The Morgan fingerprint density at radius 1 is 1.17 bits per heavy atom. The molecule has 0 saturated heterocycles. The number of hydrogen-bond acceptors (Lipinski definition) is 7. The molecule has 0 aliphatic heterocycles. The highest BCUT2D eigenvalue weighted by atomic mass is 35.5. The highest BCUT2D eigenvalue weighted by Gasteiger charge is 2.15. The van der Waals surface area contributed by atoms with Gasteiger partial charge in [0, 0.05) is 29.5 Å². The van der Waals surface area contributed by atoms with Crippen molar-refractivity contribution in [1.29, 1.82) is 0 Å². The van der Waals surface area contributed by atoms with E-state index in [-0.39, 0.29) is 12.3 Å². The van der Waals surface area contributed by atoms with Crippen molar-refractivity contribution in [2.45, 2.75) is 6.92 Å². The highest BCUT2D eigenvalue weighted by Crippen LogP contribution is 2.24. The van der Waals surface area contributed by atoms with E-state index in [9.17, 15) is 4.79 Å². The van der Waals surface area contributed by atoms with Crippen molar-refractivity contribution < 1.29 is 9.53 Å². The van der Waals surface area contributed by atoms with Gasteiger partial charge in [0.25, 0.3) is 0 Å². The average Bonchev–Trinajstić information content (AvgIpc) is 3.06. The third-order valence-corrected chi connectivity index (χ3v) is 4.47. The van der Waals surface area contributed by atoms with Crippen LogP contribution in [0.4, 0.5) is 11.6 Å². The number of ether oxygens (including phenoxy) is 1. The number of benzene rings is 1. The summed E-state index contributed by atoms with van der Waals surface area (Å²) in [5, 5.41) is 3.80. The second-order valence-electron chi connectivity index (χ2n) is 6.18. The van der Waals surface area contributed by atoms with Gasteiger partial charge in [0.05, 0.1) is 12.8 Å². The number of anilines is 2. The van der Waals surface area contributed by atoms with Gasteiger partial charge >= 0.3 is 5.97 Å². The van der Waals surface area contributed by atoms with E-state index in [2.05, 4.69) is 25.3 Å². The monoisotopic (exact) mass is 408 g/mol. The largest absolute Gasteiger partial charge is 0.461 e. The lowest BCUT2D eigenvalue weighted by atomic mass is 10.2. The first-order valence-electron chi connectivity index (χ1n) is 8.90. The van der Waals surface area contributed by atoms with Gasteiger partial charge in [-0.05, 0) is 43.3 Å². The maximum atomic E-state index is 12.0. The fourth-order valence-corrected chi connectivity index (χ4v) is 2.97. The predicted octanol–water partition coefficient (Wildman–Crippen LogP) is 4.00. The molecule has 0 bridgehead atoms. The summed E-state index contributed by atoms with van der Waals surface area (Å²) in [5.74, 6) is 0.615. The number of rotatable bonds is 5. The van der Waals surface area contributed by atoms with E-state index >= 15 is 0 Å². The summed E-state index contributed by atoms with van der Waals surface area (Å²) in [7, 11) is 1.86. The van der Waals surface area contributed by atoms with E-state index < -0.39 is 5.97 Å². The summed E-state index contributed by atoms with van der Waals surface area (Å²) in [4.78, 5) is 29.5. The van der Waals surface area contributed by atoms with E-state index in [1.54, 1.807) is 43.6 Å². The van der Waals surface area contributed by atoms with Crippen LogP contribution in [-0.4, -0.2) is 37.1 Å². The summed E-state index contributed by atoms with van der Waals surface area (Å²) in [6.45, 7) is 2.04. The zero-order chi connectivity index (χ0) is 20.4. The van der Waals surface area contributed by atoms with Crippen LogP contribution < -0.4 is 5.32 Å². The molecule has 3 aromatic heterocycles. The molecule has 0 saturated carbocycles. The van der Waals surface area contributed by atoms with E-state index in [1.165, 1.54) is 0 Å². The van der Waals surface area contributed by atoms with Crippen LogP contribution in [0.15, 0.2) is 48.8 Å². The molecule has 29 heavy (non-hydrogen) atoms. The van der Waals surface area contributed by atoms with Crippen molar-refractivity contribution in [2.24, 2.45) is 7.05 Å². The number of aryl methyl sites for hydroxylation is 1. The molecular formula is C20H17ClN6O2. The number of imidazole rings is 1.